The number of carbonyl (C=O) groups excluding carboxylic acids is 2. The molecule has 8 nitrogen and oxygen atoms in total. The van der Waals surface area contributed by atoms with Crippen LogP contribution in [0, 0.1) is 5.41 Å². The first-order chi connectivity index (χ1) is 19.7. The van der Waals surface area contributed by atoms with Gasteiger partial charge in [-0.1, -0.05) is 50.9 Å². The van der Waals surface area contributed by atoms with Crippen molar-refractivity contribution in [1.82, 2.24) is 4.90 Å². The number of para-hydroxylation sites is 1. The van der Waals surface area contributed by atoms with Gasteiger partial charge in [-0.3, -0.25) is 14.6 Å². The molecule has 2 heterocycles. The second-order valence-electron chi connectivity index (χ2n) is 12.0. The molecule has 0 aromatic heterocycles. The number of nitrogens with zero attached hydrogens (tertiary/aromatic N) is 2. The van der Waals surface area contributed by atoms with Crippen LogP contribution in [0.4, 0.5) is 16.2 Å². The number of Topliss-reactive ketones (excluding diaryl/α,β-unsaturated/α-hetero) is 1. The third kappa shape index (κ3) is 6.33. The Morgan fingerprint density at radius 3 is 2.66 bits per heavy atom. The monoisotopic (exact) mass is 581 g/mol. The molecule has 1 amide bonds. The summed E-state index contributed by atoms with van der Waals surface area (Å²) in [6, 6.07) is 9.52. The first-order valence-electron chi connectivity index (χ1n) is 14.6. The van der Waals surface area contributed by atoms with Crippen molar-refractivity contribution in [2.75, 3.05) is 43.1 Å². The second kappa shape index (κ2) is 12.3. The van der Waals surface area contributed by atoms with Crippen LogP contribution in [-0.2, 0) is 9.53 Å². The third-order valence-corrected chi connectivity index (χ3v) is 8.40. The van der Waals surface area contributed by atoms with Crippen LogP contribution in [0.2, 0.25) is 5.02 Å². The van der Waals surface area contributed by atoms with Gasteiger partial charge < -0.3 is 19.9 Å². The predicted molar refractivity (Wildman–Crippen MR) is 161 cm³/mol. The van der Waals surface area contributed by atoms with Crippen molar-refractivity contribution in [3.8, 4) is 11.5 Å². The van der Waals surface area contributed by atoms with Gasteiger partial charge in [0, 0.05) is 29.3 Å². The van der Waals surface area contributed by atoms with Gasteiger partial charge in [-0.2, -0.15) is 0 Å². The molecule has 2 aromatic carbocycles. The Labute approximate surface area is 247 Å². The van der Waals surface area contributed by atoms with Crippen LogP contribution in [-0.4, -0.2) is 54.7 Å². The predicted octanol–water partition coefficient (Wildman–Crippen LogP) is 7.07. The number of likely N-dealkylation sites (tertiary alicyclic amines) is 1. The zero-order valence-corrected chi connectivity index (χ0v) is 24.9. The van der Waals surface area contributed by atoms with Gasteiger partial charge in [-0.25, -0.2) is 4.79 Å². The number of rotatable bonds is 8. The normalized spacial score (nSPS) is 20.2. The molecule has 1 unspecified atom stereocenters. The van der Waals surface area contributed by atoms with Gasteiger partial charge in [-0.15, -0.1) is 0 Å². The fourth-order valence-corrected chi connectivity index (χ4v) is 6.30. The lowest BCUT2D eigenvalue weighted by molar-refractivity contribution is -0.118. The summed E-state index contributed by atoms with van der Waals surface area (Å²) in [6.45, 7) is 9.60. The van der Waals surface area contributed by atoms with Crippen LogP contribution in [0.25, 0.3) is 0 Å². The Kier molecular flexibility index (Phi) is 8.80. The molecule has 0 spiro atoms. The van der Waals surface area contributed by atoms with E-state index in [1.807, 2.05) is 26.0 Å². The molecule has 1 atom stereocenters. The van der Waals surface area contributed by atoms with Gasteiger partial charge in [0.25, 0.3) is 0 Å². The van der Waals surface area contributed by atoms with Crippen LogP contribution >= 0.6 is 11.6 Å². The maximum atomic E-state index is 14.0. The number of fused-ring (bicyclic) bond motifs is 1. The van der Waals surface area contributed by atoms with Crippen molar-refractivity contribution in [2.45, 2.75) is 65.3 Å². The number of nitrogens with one attached hydrogen (secondary N) is 1. The van der Waals surface area contributed by atoms with Crippen LogP contribution in [0.5, 0.6) is 11.5 Å². The summed E-state index contributed by atoms with van der Waals surface area (Å²) in [5, 5.41) is 14.7. The van der Waals surface area contributed by atoms with Crippen LogP contribution in [0.1, 0.15) is 70.9 Å². The van der Waals surface area contributed by atoms with Gasteiger partial charge in [-0.05, 0) is 74.0 Å². The van der Waals surface area contributed by atoms with Gasteiger partial charge in [0.1, 0.15) is 23.8 Å². The van der Waals surface area contributed by atoms with E-state index in [1.54, 1.807) is 24.3 Å². The Morgan fingerprint density at radius 2 is 1.93 bits per heavy atom. The number of aromatic hydroxyl groups is 1. The zero-order valence-electron chi connectivity index (χ0n) is 24.2. The molecule has 9 heteroatoms. The highest BCUT2D eigenvalue weighted by Crippen LogP contribution is 2.51. The van der Waals surface area contributed by atoms with E-state index >= 15 is 0 Å². The minimum atomic E-state index is -0.861. The van der Waals surface area contributed by atoms with E-state index in [-0.39, 0.29) is 23.6 Å². The van der Waals surface area contributed by atoms with E-state index in [2.05, 4.69) is 17.1 Å². The number of ketones is 1. The van der Waals surface area contributed by atoms with E-state index in [9.17, 15) is 14.7 Å². The summed E-state index contributed by atoms with van der Waals surface area (Å²) in [7, 11) is 0. The number of ether oxygens (including phenoxy) is 2. The molecular weight excluding hydrogens is 542 g/mol. The highest BCUT2D eigenvalue weighted by molar-refractivity contribution is 6.31. The summed E-state index contributed by atoms with van der Waals surface area (Å²) < 4.78 is 11.7. The minimum Gasteiger partial charge on any atom is -0.506 e. The Bertz CT molecular complexity index is 1330. The quantitative estimate of drug-likeness (QED) is 0.254. The Hall–Kier alpha value is -3.23. The van der Waals surface area contributed by atoms with Gasteiger partial charge in [0.15, 0.2) is 5.78 Å². The maximum Gasteiger partial charge on any atom is 0.415 e. The van der Waals surface area contributed by atoms with Crippen molar-refractivity contribution in [1.29, 1.82) is 0 Å². The molecule has 0 bridgehead atoms. The fourth-order valence-electron chi connectivity index (χ4n) is 6.03. The Morgan fingerprint density at radius 1 is 1.15 bits per heavy atom. The highest BCUT2D eigenvalue weighted by Gasteiger charge is 2.45. The van der Waals surface area contributed by atoms with E-state index in [0.29, 0.717) is 65.0 Å². The van der Waals surface area contributed by atoms with Crippen molar-refractivity contribution in [2.24, 2.45) is 5.41 Å². The second-order valence-corrected chi connectivity index (χ2v) is 12.4. The van der Waals surface area contributed by atoms with Gasteiger partial charge >= 0.3 is 6.09 Å². The molecule has 5 rings (SSSR count). The van der Waals surface area contributed by atoms with Gasteiger partial charge in [0.2, 0.25) is 0 Å². The highest BCUT2D eigenvalue weighted by atomic mass is 35.5. The number of anilines is 2. The summed E-state index contributed by atoms with van der Waals surface area (Å²) in [5.74, 6) is 0.531. The van der Waals surface area contributed by atoms with Gasteiger partial charge in [0.05, 0.1) is 18.3 Å². The number of allylic oxidation sites excluding steroid dienone is 1. The number of phenols is 1. The van der Waals surface area contributed by atoms with Crippen LogP contribution < -0.4 is 15.0 Å². The maximum absolute atomic E-state index is 14.0. The number of hydrogen-bond acceptors (Lipinski definition) is 7. The smallest absolute Gasteiger partial charge is 0.415 e. The molecule has 41 heavy (non-hydrogen) atoms. The number of hydrogen-bond donors (Lipinski definition) is 2. The number of carbonyl (C=O) groups is 2. The molecule has 2 aliphatic heterocycles. The summed E-state index contributed by atoms with van der Waals surface area (Å²) in [6.07, 6.45) is 4.50. The molecular formula is C32H40ClN3O5. The minimum absolute atomic E-state index is 0.0218. The van der Waals surface area contributed by atoms with Crippen molar-refractivity contribution in [3.63, 3.8) is 0 Å². The summed E-state index contributed by atoms with van der Waals surface area (Å²) in [4.78, 5) is 31.7. The van der Waals surface area contributed by atoms with E-state index in [0.717, 1.165) is 38.8 Å². The average molecular weight is 582 g/mol. The topological polar surface area (TPSA) is 91.3 Å². The lowest BCUT2D eigenvalue weighted by atomic mass is 9.73. The molecule has 1 aliphatic carbocycles. The van der Waals surface area contributed by atoms with E-state index in [1.165, 1.54) is 4.90 Å². The summed E-state index contributed by atoms with van der Waals surface area (Å²) in [5.41, 5.74) is 2.19. The number of amides is 1. The van der Waals surface area contributed by atoms with E-state index in [4.69, 9.17) is 21.1 Å². The zero-order chi connectivity index (χ0) is 29.1. The molecule has 220 valence electrons. The van der Waals surface area contributed by atoms with Crippen molar-refractivity contribution >= 4 is 34.9 Å². The first-order valence-corrected chi connectivity index (χ1v) is 15.0. The van der Waals surface area contributed by atoms with E-state index < -0.39 is 12.1 Å². The lowest BCUT2D eigenvalue weighted by Crippen LogP contribution is -2.40. The largest absolute Gasteiger partial charge is 0.506 e. The fraction of sp³-hybridized carbons (Fsp3) is 0.500. The van der Waals surface area contributed by atoms with Crippen molar-refractivity contribution < 1.29 is 24.2 Å². The molecule has 1 saturated heterocycles. The first kappa shape index (κ1) is 29.3. The Balaban J connectivity index is 1.60. The van der Waals surface area contributed by atoms with Crippen LogP contribution in [0.3, 0.4) is 0 Å². The molecule has 2 N–H and O–H groups in total. The standard InChI is InChI=1S/C32H40ClN3O5/c1-4-5-16-40-21-11-12-22(23(33)18-21)30-28-24(19-32(2,3)20-27(28)38)34-29-25(9-8-10-26(29)37)36(30)31(39)41-17-15-35-13-6-7-14-35/h8-12,18,30,34,37H,4-7,13-17,19-20H2,1-3H3. The lowest BCUT2D eigenvalue weighted by Gasteiger charge is -2.37. The molecule has 1 fully saturated rings. The number of benzene rings is 2. The molecule has 0 saturated carbocycles. The van der Waals surface area contributed by atoms with Crippen LogP contribution in [0.15, 0.2) is 47.7 Å². The summed E-state index contributed by atoms with van der Waals surface area (Å²) >= 11 is 6.91. The molecule has 2 aromatic rings. The number of unbranched alkanes of at least 4 members (excludes halogenated alkanes) is 1. The van der Waals surface area contributed by atoms with Crippen molar-refractivity contribution in [3.05, 3.63) is 58.3 Å². The molecule has 0 radical (unpaired) electrons. The number of phenolic OH excluding ortho intramolecular Hbond substituents is 1. The third-order valence-electron chi connectivity index (χ3n) is 8.07. The SMILES string of the molecule is CCCCOc1ccc(C2C3=C(CC(C)(C)CC3=O)Nc3c(O)cccc3N2C(=O)OCCN2CCCC2)c(Cl)c1. The molecule has 3 aliphatic rings. The number of halogens is 1. The average Bonchev–Trinajstić information content (AvgIpc) is 3.38.